The topological polar surface area (TPSA) is 9.23 Å². The molecular weight excluding hydrogens is 340 g/mol. The van der Waals surface area contributed by atoms with Crippen molar-refractivity contribution in [2.75, 3.05) is 0 Å². The van der Waals surface area contributed by atoms with Gasteiger partial charge in [-0.25, -0.2) is 0 Å². The maximum atomic E-state index is 6.42. The molecule has 1 heteroatoms. The van der Waals surface area contributed by atoms with Crippen molar-refractivity contribution in [3.63, 3.8) is 0 Å². The fraction of sp³-hybridized carbons (Fsp3) is 0.778. The Morgan fingerprint density at radius 3 is 2.14 bits per heavy atom. The maximum absolute atomic E-state index is 6.42. The molecule has 0 saturated heterocycles. The van der Waals surface area contributed by atoms with Crippen molar-refractivity contribution in [3.05, 3.63) is 29.3 Å². The number of ether oxygens (including phenoxy) is 1. The number of aryl methyl sites for hydroxylation is 2. The predicted molar refractivity (Wildman–Crippen MR) is 123 cm³/mol. The van der Waals surface area contributed by atoms with E-state index in [0.717, 1.165) is 36.3 Å². The summed E-state index contributed by atoms with van der Waals surface area (Å²) in [4.78, 5) is 0. The molecule has 1 nitrogen and oxygen atoms in total. The number of rotatable bonds is 12. The van der Waals surface area contributed by atoms with Crippen LogP contribution in [0.5, 0.6) is 5.75 Å². The summed E-state index contributed by atoms with van der Waals surface area (Å²) in [5.41, 5.74) is 2.77. The van der Waals surface area contributed by atoms with Crippen LogP contribution in [0, 0.1) is 24.7 Å². The lowest BCUT2D eigenvalue weighted by Crippen LogP contribution is -2.36. The van der Waals surface area contributed by atoms with Gasteiger partial charge in [-0.2, -0.15) is 0 Å². The largest absolute Gasteiger partial charge is 0.487 e. The molecule has 1 aliphatic heterocycles. The molecule has 2 rings (SSSR count). The van der Waals surface area contributed by atoms with Crippen molar-refractivity contribution >= 4 is 0 Å². The van der Waals surface area contributed by atoms with Gasteiger partial charge >= 0.3 is 0 Å². The SMILES string of the molecule is Cc1ccc2c(c1)CCC(C)(CCCC(C)CCCC(C)CCCC(C)C)O2. The third-order valence-electron chi connectivity index (χ3n) is 6.77. The summed E-state index contributed by atoms with van der Waals surface area (Å²) in [7, 11) is 0. The molecule has 1 aromatic rings. The standard InChI is InChI=1S/C27H46O/c1-21(2)10-7-11-22(3)12-8-13-23(4)14-9-18-27(6)19-17-25-20-24(5)15-16-26(25)28-27/h15-16,20-23H,7-14,17-19H2,1-6H3. The highest BCUT2D eigenvalue weighted by Gasteiger charge is 2.31. The summed E-state index contributed by atoms with van der Waals surface area (Å²) < 4.78 is 6.42. The first-order chi connectivity index (χ1) is 13.3. The van der Waals surface area contributed by atoms with Crippen LogP contribution in [0.2, 0.25) is 0 Å². The Hall–Kier alpha value is -0.980. The summed E-state index contributed by atoms with van der Waals surface area (Å²) >= 11 is 0. The Morgan fingerprint density at radius 2 is 1.50 bits per heavy atom. The summed E-state index contributed by atoms with van der Waals surface area (Å²) in [6.07, 6.45) is 14.6. The van der Waals surface area contributed by atoms with Crippen LogP contribution in [0.25, 0.3) is 0 Å². The van der Waals surface area contributed by atoms with Crippen LogP contribution in [0.1, 0.15) is 110 Å². The average Bonchev–Trinajstić information content (AvgIpc) is 2.61. The Morgan fingerprint density at radius 1 is 0.893 bits per heavy atom. The van der Waals surface area contributed by atoms with Gasteiger partial charge < -0.3 is 4.74 Å². The Balaban J connectivity index is 1.60. The molecule has 0 radical (unpaired) electrons. The van der Waals surface area contributed by atoms with Gasteiger partial charge in [0.15, 0.2) is 0 Å². The number of hydrogen-bond acceptors (Lipinski definition) is 1. The molecular formula is C27H46O. The van der Waals surface area contributed by atoms with E-state index in [1.807, 2.05) is 0 Å². The minimum atomic E-state index is 0.0346. The molecule has 0 spiro atoms. The first-order valence-electron chi connectivity index (χ1n) is 12.1. The molecule has 1 aromatic carbocycles. The maximum Gasteiger partial charge on any atom is 0.123 e. The van der Waals surface area contributed by atoms with E-state index in [1.165, 1.54) is 68.9 Å². The van der Waals surface area contributed by atoms with E-state index in [9.17, 15) is 0 Å². The molecule has 1 heterocycles. The van der Waals surface area contributed by atoms with Gasteiger partial charge in [0.1, 0.15) is 11.4 Å². The van der Waals surface area contributed by atoms with Crippen LogP contribution < -0.4 is 4.74 Å². The second kappa shape index (κ2) is 11.3. The van der Waals surface area contributed by atoms with Crippen LogP contribution in [0.15, 0.2) is 18.2 Å². The zero-order valence-corrected chi connectivity index (χ0v) is 19.7. The van der Waals surface area contributed by atoms with Gasteiger partial charge in [-0.05, 0) is 68.9 Å². The van der Waals surface area contributed by atoms with E-state index in [2.05, 4.69) is 59.7 Å². The van der Waals surface area contributed by atoms with Crippen LogP contribution in [-0.4, -0.2) is 5.60 Å². The van der Waals surface area contributed by atoms with E-state index < -0.39 is 0 Å². The zero-order chi connectivity index (χ0) is 20.6. The molecule has 0 aromatic heterocycles. The van der Waals surface area contributed by atoms with Crippen molar-refractivity contribution in [2.45, 2.75) is 118 Å². The van der Waals surface area contributed by atoms with Gasteiger partial charge in [0.2, 0.25) is 0 Å². The van der Waals surface area contributed by atoms with E-state index >= 15 is 0 Å². The minimum Gasteiger partial charge on any atom is -0.487 e. The first-order valence-corrected chi connectivity index (χ1v) is 12.1. The molecule has 0 saturated carbocycles. The van der Waals surface area contributed by atoms with Crippen molar-refractivity contribution < 1.29 is 4.74 Å². The first kappa shape index (κ1) is 23.3. The van der Waals surface area contributed by atoms with Crippen molar-refractivity contribution in [3.8, 4) is 5.75 Å². The van der Waals surface area contributed by atoms with E-state index in [0.29, 0.717) is 0 Å². The average molecular weight is 387 g/mol. The molecule has 1 aliphatic rings. The highest BCUT2D eigenvalue weighted by molar-refractivity contribution is 5.39. The molecule has 0 N–H and O–H groups in total. The van der Waals surface area contributed by atoms with Crippen LogP contribution in [0.3, 0.4) is 0 Å². The lowest BCUT2D eigenvalue weighted by Gasteiger charge is -2.36. The quantitative estimate of drug-likeness (QED) is 0.350. The molecule has 3 unspecified atom stereocenters. The summed E-state index contributed by atoms with van der Waals surface area (Å²) in [6, 6.07) is 6.64. The van der Waals surface area contributed by atoms with Gasteiger partial charge in [-0.15, -0.1) is 0 Å². The Bertz CT molecular complexity index is 576. The minimum absolute atomic E-state index is 0.0346. The van der Waals surface area contributed by atoms with Gasteiger partial charge in [0, 0.05) is 0 Å². The summed E-state index contributed by atoms with van der Waals surface area (Å²) in [5.74, 6) is 3.74. The second-order valence-electron chi connectivity index (χ2n) is 10.5. The number of hydrogen-bond donors (Lipinski definition) is 0. The van der Waals surface area contributed by atoms with E-state index in [-0.39, 0.29) is 5.60 Å². The third-order valence-corrected chi connectivity index (χ3v) is 6.77. The van der Waals surface area contributed by atoms with Crippen molar-refractivity contribution in [1.29, 1.82) is 0 Å². The second-order valence-corrected chi connectivity index (χ2v) is 10.5. The van der Waals surface area contributed by atoms with Crippen LogP contribution in [-0.2, 0) is 6.42 Å². The van der Waals surface area contributed by atoms with Gasteiger partial charge in [-0.3, -0.25) is 0 Å². The molecule has 160 valence electrons. The van der Waals surface area contributed by atoms with Crippen molar-refractivity contribution in [2.24, 2.45) is 17.8 Å². The highest BCUT2D eigenvalue weighted by Crippen LogP contribution is 2.36. The zero-order valence-electron chi connectivity index (χ0n) is 19.7. The Kier molecular flexibility index (Phi) is 9.38. The molecule has 28 heavy (non-hydrogen) atoms. The van der Waals surface area contributed by atoms with E-state index in [1.54, 1.807) is 0 Å². The summed E-state index contributed by atoms with van der Waals surface area (Å²) in [5, 5.41) is 0. The van der Waals surface area contributed by atoms with Crippen molar-refractivity contribution in [1.82, 2.24) is 0 Å². The predicted octanol–water partition coefficient (Wildman–Crippen LogP) is 8.52. The molecule has 0 amide bonds. The molecule has 0 fully saturated rings. The lowest BCUT2D eigenvalue weighted by atomic mass is 9.86. The highest BCUT2D eigenvalue weighted by atomic mass is 16.5. The monoisotopic (exact) mass is 386 g/mol. The molecule has 3 atom stereocenters. The Labute approximate surface area is 175 Å². The normalized spacial score (nSPS) is 21.2. The lowest BCUT2D eigenvalue weighted by molar-refractivity contribution is 0.0524. The van der Waals surface area contributed by atoms with Crippen LogP contribution >= 0.6 is 0 Å². The summed E-state index contributed by atoms with van der Waals surface area (Å²) in [6.45, 7) is 14.1. The van der Waals surface area contributed by atoms with Gasteiger partial charge in [0.25, 0.3) is 0 Å². The molecule has 0 bridgehead atoms. The number of fused-ring (bicyclic) bond motifs is 1. The van der Waals surface area contributed by atoms with E-state index in [4.69, 9.17) is 4.74 Å². The van der Waals surface area contributed by atoms with Gasteiger partial charge in [-0.1, -0.05) is 90.3 Å². The number of benzene rings is 1. The third kappa shape index (κ3) is 8.18. The van der Waals surface area contributed by atoms with Crippen LogP contribution in [0.4, 0.5) is 0 Å². The fourth-order valence-corrected chi connectivity index (χ4v) is 4.70. The fourth-order valence-electron chi connectivity index (χ4n) is 4.70. The smallest absolute Gasteiger partial charge is 0.123 e. The molecule has 0 aliphatic carbocycles. The van der Waals surface area contributed by atoms with Gasteiger partial charge in [0.05, 0.1) is 0 Å².